The Kier molecular flexibility index (Phi) is 9.37. The molecule has 0 atom stereocenters. The van der Waals surface area contributed by atoms with E-state index in [1.807, 2.05) is 63.4 Å². The lowest BCUT2D eigenvalue weighted by molar-refractivity contribution is 0.504. The number of aromatic nitrogens is 1. The number of benzene rings is 2. The minimum atomic E-state index is 0.270. The molecule has 0 aliphatic heterocycles. The van der Waals surface area contributed by atoms with Gasteiger partial charge in [-0.15, -0.1) is 0 Å². The lowest BCUT2D eigenvalue weighted by Gasteiger charge is -2.19. The second-order valence-electron chi connectivity index (χ2n) is 9.41. The molecule has 2 aromatic carbocycles. The van der Waals surface area contributed by atoms with Crippen LogP contribution in [0.4, 0.5) is 11.4 Å². The summed E-state index contributed by atoms with van der Waals surface area (Å²) in [6.07, 6.45) is 3.94. The fourth-order valence-corrected chi connectivity index (χ4v) is 3.07. The standard InChI is InChI=1S/C20H19N3.C10H19N/c1-14(2)22-17-9-11-18(12-10-17)23-15(3)19-8-4-6-16-7-5-13-21-20(16)19;1-8(10(3,4)5)7-9(2)11-6/h4-13,22-23H,1,3H2,2H3;7H,1-6H3/b;8-7+,11-9?. The summed E-state index contributed by atoms with van der Waals surface area (Å²) in [4.78, 5) is 8.55. The highest BCUT2D eigenvalue weighted by molar-refractivity contribution is 5.93. The van der Waals surface area contributed by atoms with Crippen LogP contribution in [0.5, 0.6) is 0 Å². The van der Waals surface area contributed by atoms with Crippen molar-refractivity contribution in [3.05, 3.63) is 96.9 Å². The summed E-state index contributed by atoms with van der Waals surface area (Å²) in [7, 11) is 1.82. The molecule has 1 heterocycles. The van der Waals surface area contributed by atoms with Crippen molar-refractivity contribution < 1.29 is 0 Å². The average molecular weight is 455 g/mol. The van der Waals surface area contributed by atoms with Crippen molar-refractivity contribution >= 4 is 33.7 Å². The Bertz CT molecular complexity index is 1190. The number of para-hydroxylation sites is 1. The van der Waals surface area contributed by atoms with E-state index in [0.717, 1.165) is 44.9 Å². The minimum Gasteiger partial charge on any atom is -0.360 e. The Hall–Kier alpha value is -3.66. The van der Waals surface area contributed by atoms with Crippen LogP contribution in [0.1, 0.15) is 47.1 Å². The summed E-state index contributed by atoms with van der Waals surface area (Å²) in [5.74, 6) is 0. The first kappa shape index (κ1) is 26.6. The maximum absolute atomic E-state index is 4.47. The molecule has 0 amide bonds. The number of pyridine rings is 1. The van der Waals surface area contributed by atoms with Gasteiger partial charge >= 0.3 is 0 Å². The second kappa shape index (κ2) is 12.0. The molecule has 0 unspecified atom stereocenters. The molecule has 4 heteroatoms. The predicted molar refractivity (Wildman–Crippen MR) is 152 cm³/mol. The van der Waals surface area contributed by atoms with E-state index in [0.29, 0.717) is 0 Å². The number of nitrogens with zero attached hydrogens (tertiary/aromatic N) is 2. The van der Waals surface area contributed by atoms with Gasteiger partial charge in [0.15, 0.2) is 0 Å². The van der Waals surface area contributed by atoms with Gasteiger partial charge < -0.3 is 10.6 Å². The van der Waals surface area contributed by atoms with E-state index in [9.17, 15) is 0 Å². The molecule has 2 N–H and O–H groups in total. The SMILES string of the molecule is C=C(C)Nc1ccc(NC(=C)c2cccc3cccnc23)cc1.CN=C(C)/C=C(\C)C(C)(C)C. The molecule has 0 radical (unpaired) electrons. The number of hydrogen-bond acceptors (Lipinski definition) is 4. The van der Waals surface area contributed by atoms with E-state index >= 15 is 0 Å². The summed E-state index contributed by atoms with van der Waals surface area (Å²) in [6.45, 7) is 20.7. The maximum atomic E-state index is 4.47. The van der Waals surface area contributed by atoms with Gasteiger partial charge in [-0.2, -0.15) is 0 Å². The highest BCUT2D eigenvalue weighted by atomic mass is 14.9. The van der Waals surface area contributed by atoms with Crippen LogP contribution in [0.25, 0.3) is 16.6 Å². The molecule has 0 aliphatic rings. The molecule has 1 aromatic heterocycles. The minimum absolute atomic E-state index is 0.270. The topological polar surface area (TPSA) is 49.3 Å². The van der Waals surface area contributed by atoms with Gasteiger partial charge in [-0.1, -0.05) is 63.8 Å². The van der Waals surface area contributed by atoms with Gasteiger partial charge in [0.25, 0.3) is 0 Å². The van der Waals surface area contributed by atoms with Crippen molar-refractivity contribution in [3.8, 4) is 0 Å². The first-order valence-corrected chi connectivity index (χ1v) is 11.5. The molecule has 0 aliphatic carbocycles. The van der Waals surface area contributed by atoms with Gasteiger partial charge in [0.05, 0.1) is 5.52 Å². The highest BCUT2D eigenvalue weighted by Gasteiger charge is 2.11. The van der Waals surface area contributed by atoms with Gasteiger partial charge in [0.1, 0.15) is 0 Å². The number of allylic oxidation sites excluding steroid dienone is 3. The molecule has 0 fully saturated rings. The summed E-state index contributed by atoms with van der Waals surface area (Å²) >= 11 is 0. The Morgan fingerprint density at radius 3 is 2.03 bits per heavy atom. The third-order valence-electron chi connectivity index (χ3n) is 5.46. The summed E-state index contributed by atoms with van der Waals surface area (Å²) in [6, 6.07) is 18.1. The molecule has 0 bridgehead atoms. The molecule has 178 valence electrons. The van der Waals surface area contributed by atoms with E-state index in [1.165, 1.54) is 5.57 Å². The monoisotopic (exact) mass is 454 g/mol. The van der Waals surface area contributed by atoms with Crippen LogP contribution in [-0.4, -0.2) is 17.7 Å². The van der Waals surface area contributed by atoms with Crippen molar-refractivity contribution in [1.82, 2.24) is 4.98 Å². The second-order valence-corrected chi connectivity index (χ2v) is 9.41. The van der Waals surface area contributed by atoms with E-state index in [1.54, 1.807) is 6.20 Å². The van der Waals surface area contributed by atoms with Crippen molar-refractivity contribution in [3.63, 3.8) is 0 Å². The normalized spacial score (nSPS) is 12.0. The van der Waals surface area contributed by atoms with Crippen LogP contribution < -0.4 is 10.6 Å². The van der Waals surface area contributed by atoms with E-state index in [-0.39, 0.29) is 5.41 Å². The molecular formula is C30H38N4. The van der Waals surface area contributed by atoms with Crippen molar-refractivity contribution in [1.29, 1.82) is 0 Å². The van der Waals surface area contributed by atoms with Gasteiger partial charge in [0.2, 0.25) is 0 Å². The van der Waals surface area contributed by atoms with Crippen LogP contribution in [0.2, 0.25) is 0 Å². The van der Waals surface area contributed by atoms with Crippen molar-refractivity contribution in [2.24, 2.45) is 10.4 Å². The Morgan fingerprint density at radius 2 is 1.47 bits per heavy atom. The number of hydrogen-bond donors (Lipinski definition) is 2. The van der Waals surface area contributed by atoms with Crippen LogP contribution in [-0.2, 0) is 0 Å². The molecule has 0 spiro atoms. The maximum Gasteiger partial charge on any atom is 0.0794 e. The predicted octanol–water partition coefficient (Wildman–Crippen LogP) is 8.33. The van der Waals surface area contributed by atoms with Crippen molar-refractivity contribution in [2.45, 2.75) is 41.5 Å². The quantitative estimate of drug-likeness (QED) is 0.368. The smallest absolute Gasteiger partial charge is 0.0794 e. The summed E-state index contributed by atoms with van der Waals surface area (Å²) in [5.41, 5.74) is 8.44. The van der Waals surface area contributed by atoms with Crippen LogP contribution in [0, 0.1) is 5.41 Å². The van der Waals surface area contributed by atoms with Crippen LogP contribution >= 0.6 is 0 Å². The Balaban J connectivity index is 0.000000316. The average Bonchev–Trinajstić information content (AvgIpc) is 2.79. The number of rotatable bonds is 6. The molecule has 3 rings (SSSR count). The van der Waals surface area contributed by atoms with E-state index in [2.05, 4.69) is 79.7 Å². The number of nitrogens with one attached hydrogen (secondary N) is 2. The number of fused-ring (bicyclic) bond motifs is 1. The molecule has 4 nitrogen and oxygen atoms in total. The third-order valence-corrected chi connectivity index (χ3v) is 5.46. The number of aliphatic imine (C=N–C) groups is 1. The van der Waals surface area contributed by atoms with Crippen LogP contribution in [0.15, 0.2) is 96.3 Å². The zero-order valence-corrected chi connectivity index (χ0v) is 21.7. The molecule has 34 heavy (non-hydrogen) atoms. The van der Waals surface area contributed by atoms with Crippen molar-refractivity contribution in [2.75, 3.05) is 17.7 Å². The first-order chi connectivity index (χ1) is 16.0. The summed E-state index contributed by atoms with van der Waals surface area (Å²) < 4.78 is 0. The van der Waals surface area contributed by atoms with E-state index < -0.39 is 0 Å². The van der Waals surface area contributed by atoms with Gasteiger partial charge in [-0.25, -0.2) is 0 Å². The zero-order valence-electron chi connectivity index (χ0n) is 21.7. The van der Waals surface area contributed by atoms with Crippen LogP contribution in [0.3, 0.4) is 0 Å². The fraction of sp³-hybridized carbons (Fsp3) is 0.267. The number of anilines is 2. The van der Waals surface area contributed by atoms with Gasteiger partial charge in [0, 0.05) is 52.7 Å². The third kappa shape index (κ3) is 8.04. The van der Waals surface area contributed by atoms with Gasteiger partial charge in [-0.3, -0.25) is 9.98 Å². The lowest BCUT2D eigenvalue weighted by Crippen LogP contribution is -2.07. The van der Waals surface area contributed by atoms with Gasteiger partial charge in [-0.05, 0) is 62.6 Å². The largest absolute Gasteiger partial charge is 0.360 e. The molecular weight excluding hydrogens is 416 g/mol. The lowest BCUT2D eigenvalue weighted by atomic mass is 9.87. The fourth-order valence-electron chi connectivity index (χ4n) is 3.07. The highest BCUT2D eigenvalue weighted by Crippen LogP contribution is 2.25. The molecule has 3 aromatic rings. The first-order valence-electron chi connectivity index (χ1n) is 11.5. The summed E-state index contributed by atoms with van der Waals surface area (Å²) in [5, 5.41) is 7.64. The molecule has 0 saturated carbocycles. The molecule has 0 saturated heterocycles. The zero-order chi connectivity index (χ0) is 25.3. The Labute approximate surface area is 205 Å². The Morgan fingerprint density at radius 1 is 0.882 bits per heavy atom. The van der Waals surface area contributed by atoms with E-state index in [4.69, 9.17) is 0 Å².